The average molecular weight is 470 g/mol. The average Bonchev–Trinajstić information content (AvgIpc) is 2.81. The Morgan fingerprint density at radius 1 is 1.15 bits per heavy atom. The third-order valence-electron chi connectivity index (χ3n) is 4.88. The molecule has 1 aliphatic rings. The predicted octanol–water partition coefficient (Wildman–Crippen LogP) is -2.11. The van der Waals surface area contributed by atoms with E-state index in [1.807, 2.05) is 42.5 Å². The summed E-state index contributed by atoms with van der Waals surface area (Å²) in [5, 5.41) is 18.8. The summed E-state index contributed by atoms with van der Waals surface area (Å²) in [4.78, 5) is 33.8. The van der Waals surface area contributed by atoms with E-state index in [9.17, 15) is 9.59 Å². The molecule has 10 heteroatoms. The number of nitrogens with one attached hydrogen (secondary N) is 2. The summed E-state index contributed by atoms with van der Waals surface area (Å²) in [5.74, 6) is -1.29. The van der Waals surface area contributed by atoms with Gasteiger partial charge in [0.1, 0.15) is 6.10 Å². The smallest absolute Gasteiger partial charge is 0.270 e. The molecule has 0 aromatic heterocycles. The molecule has 0 unspecified atom stereocenters. The Labute approximate surface area is 198 Å². The van der Waals surface area contributed by atoms with Crippen molar-refractivity contribution in [2.24, 2.45) is 5.73 Å². The van der Waals surface area contributed by atoms with Crippen LogP contribution in [0.1, 0.15) is 30.0 Å². The zero-order valence-corrected chi connectivity index (χ0v) is 19.2. The van der Waals surface area contributed by atoms with Crippen LogP contribution in [0.3, 0.4) is 0 Å². The lowest BCUT2D eigenvalue weighted by Gasteiger charge is -2.32. The van der Waals surface area contributed by atoms with Gasteiger partial charge in [0.05, 0.1) is 25.1 Å². The molecule has 1 atom stereocenters. The summed E-state index contributed by atoms with van der Waals surface area (Å²) in [7, 11) is 0. The number of hydrazine groups is 1. The maximum atomic E-state index is 12.6. The van der Waals surface area contributed by atoms with Crippen LogP contribution in [0.2, 0.25) is 0 Å². The van der Waals surface area contributed by atoms with Gasteiger partial charge < -0.3 is 20.0 Å². The number of aliphatic carboxylic acids is 1. The van der Waals surface area contributed by atoms with Crippen LogP contribution in [0, 0.1) is 0 Å². The molecule has 1 fully saturated rings. The Kier molecular flexibility index (Phi) is 10.7. The van der Waals surface area contributed by atoms with Crippen LogP contribution >= 0.6 is 0 Å². The van der Waals surface area contributed by atoms with E-state index in [0.717, 1.165) is 24.5 Å². The van der Waals surface area contributed by atoms with Crippen molar-refractivity contribution >= 4 is 23.6 Å². The van der Waals surface area contributed by atoms with Crippen LogP contribution in [0.25, 0.3) is 0 Å². The molecule has 1 aliphatic heterocycles. The number of rotatable bonds is 9. The third kappa shape index (κ3) is 9.39. The van der Waals surface area contributed by atoms with Crippen LogP contribution in [0.5, 0.6) is 0 Å². The minimum Gasteiger partial charge on any atom is -0.550 e. The van der Waals surface area contributed by atoms with Crippen LogP contribution in [-0.4, -0.2) is 54.4 Å². The predicted molar refractivity (Wildman–Crippen MR) is 123 cm³/mol. The Hall–Kier alpha value is -3.76. The van der Waals surface area contributed by atoms with Gasteiger partial charge in [-0.2, -0.15) is 0 Å². The number of amidine groups is 1. The topological polar surface area (TPSA) is 162 Å². The normalized spacial score (nSPS) is 15.1. The van der Waals surface area contributed by atoms with Crippen LogP contribution < -0.4 is 27.0 Å². The van der Waals surface area contributed by atoms with Gasteiger partial charge in [-0.25, -0.2) is 5.43 Å². The fraction of sp³-hybridized carbons (Fsp3) is 0.333. The van der Waals surface area contributed by atoms with Crippen molar-refractivity contribution in [2.75, 3.05) is 19.7 Å². The highest BCUT2D eigenvalue weighted by Gasteiger charge is 2.31. The summed E-state index contributed by atoms with van der Waals surface area (Å²) in [6.07, 6.45) is 0.0114. The van der Waals surface area contributed by atoms with E-state index in [4.69, 9.17) is 25.8 Å². The number of hydrogen-bond donors (Lipinski definition) is 4. The summed E-state index contributed by atoms with van der Waals surface area (Å²) < 4.78 is 5.53. The van der Waals surface area contributed by atoms with E-state index >= 15 is 0 Å². The number of ether oxygens (including phenoxy) is 1. The van der Waals surface area contributed by atoms with Crippen LogP contribution in [0.4, 0.5) is 0 Å². The fourth-order valence-electron chi connectivity index (χ4n) is 3.18. The standard InChI is InChI=1S/C22H27N5O3.C2H4O2/c23-21(24)18-8-6-17(7-9-18)15-25-20(28)14-19-22(29)27(12-13-30-19)26-11-10-16-4-2-1-3-5-16;1-2(3)4/h1-9,19,26H,10-15H2,(H3,23,24)(H,25,28);1H3,(H,3,4)/t19-;/m0./s1. The Morgan fingerprint density at radius 3 is 2.41 bits per heavy atom. The first-order valence-corrected chi connectivity index (χ1v) is 10.9. The van der Waals surface area contributed by atoms with E-state index < -0.39 is 12.1 Å². The van der Waals surface area contributed by atoms with Gasteiger partial charge in [-0.1, -0.05) is 42.5 Å². The maximum absolute atomic E-state index is 12.6. The number of carbonyl (C=O) groups excluding carboxylic acids is 3. The van der Waals surface area contributed by atoms with Gasteiger partial charge in [0, 0.05) is 19.1 Å². The quantitative estimate of drug-likeness (QED) is 0.241. The maximum Gasteiger partial charge on any atom is 0.270 e. The lowest BCUT2D eigenvalue weighted by Crippen LogP contribution is -2.55. The Balaban J connectivity index is 0.000000945. The van der Waals surface area contributed by atoms with E-state index in [2.05, 4.69) is 10.7 Å². The van der Waals surface area contributed by atoms with Crippen molar-refractivity contribution in [1.82, 2.24) is 15.8 Å². The molecular formula is C24H31N5O5. The van der Waals surface area contributed by atoms with Gasteiger partial charge in [-0.15, -0.1) is 0 Å². The monoisotopic (exact) mass is 469 g/mol. The number of carboxylic acid groups (broad SMARTS) is 1. The molecule has 2 aromatic rings. The molecule has 0 spiro atoms. The largest absolute Gasteiger partial charge is 0.550 e. The lowest BCUT2D eigenvalue weighted by atomic mass is 10.1. The molecule has 10 nitrogen and oxygen atoms in total. The minimum atomic E-state index is -1.08. The third-order valence-corrected chi connectivity index (χ3v) is 4.88. The number of nitrogens with zero attached hydrogens (tertiary/aromatic N) is 1. The first-order valence-electron chi connectivity index (χ1n) is 10.9. The number of amides is 2. The van der Waals surface area contributed by atoms with Gasteiger partial charge in [0.2, 0.25) is 5.91 Å². The zero-order valence-electron chi connectivity index (χ0n) is 19.2. The highest BCUT2D eigenvalue weighted by Crippen LogP contribution is 2.10. The molecule has 2 amide bonds. The van der Waals surface area contributed by atoms with Gasteiger partial charge in [0.25, 0.3) is 11.7 Å². The molecule has 3 rings (SSSR count). The van der Waals surface area contributed by atoms with Gasteiger partial charge in [-0.05, 0) is 36.6 Å². The van der Waals surface area contributed by atoms with Crippen LogP contribution in [-0.2, 0) is 32.1 Å². The van der Waals surface area contributed by atoms with E-state index in [1.54, 1.807) is 17.1 Å². The van der Waals surface area contributed by atoms with E-state index in [1.165, 1.54) is 5.56 Å². The van der Waals surface area contributed by atoms with Gasteiger partial charge in [-0.3, -0.25) is 25.7 Å². The van der Waals surface area contributed by atoms with Gasteiger partial charge >= 0.3 is 0 Å². The minimum absolute atomic E-state index is 0.0166. The summed E-state index contributed by atoms with van der Waals surface area (Å²) >= 11 is 0. The second-order valence-corrected chi connectivity index (χ2v) is 7.62. The molecule has 1 heterocycles. The van der Waals surface area contributed by atoms with Crippen molar-refractivity contribution in [3.63, 3.8) is 0 Å². The first-order chi connectivity index (χ1) is 16.3. The molecule has 0 bridgehead atoms. The molecule has 34 heavy (non-hydrogen) atoms. The lowest BCUT2D eigenvalue weighted by molar-refractivity contribution is -0.302. The fourth-order valence-corrected chi connectivity index (χ4v) is 3.18. The molecule has 6 N–H and O–H groups in total. The summed E-state index contributed by atoms with van der Waals surface area (Å²) in [6, 6.07) is 17.3. The second-order valence-electron chi connectivity index (χ2n) is 7.62. The van der Waals surface area contributed by atoms with Crippen molar-refractivity contribution in [3.8, 4) is 0 Å². The van der Waals surface area contributed by atoms with Gasteiger partial charge in [0.15, 0.2) is 0 Å². The molecule has 0 saturated carbocycles. The SMILES string of the molecule is CC(=O)[O-].NC(=[NH2+])c1ccc(CNC(=O)C[C@@H]2OCCN(NCCc3ccccc3)C2=O)cc1. The van der Waals surface area contributed by atoms with E-state index in [-0.39, 0.29) is 24.1 Å². The zero-order chi connectivity index (χ0) is 24.9. The highest BCUT2D eigenvalue weighted by atomic mass is 16.5. The second kappa shape index (κ2) is 13.7. The van der Waals surface area contributed by atoms with Crippen molar-refractivity contribution in [1.29, 1.82) is 0 Å². The van der Waals surface area contributed by atoms with Crippen LogP contribution in [0.15, 0.2) is 54.6 Å². The summed E-state index contributed by atoms with van der Waals surface area (Å²) in [5.41, 5.74) is 11.5. The van der Waals surface area contributed by atoms with Crippen molar-refractivity contribution < 1.29 is 29.6 Å². The number of carboxylic acids is 1. The van der Waals surface area contributed by atoms with E-state index in [0.29, 0.717) is 26.2 Å². The number of nitrogens with two attached hydrogens (primary N) is 2. The molecule has 182 valence electrons. The molecule has 1 saturated heterocycles. The number of benzene rings is 2. The molecule has 0 aliphatic carbocycles. The number of carbonyl (C=O) groups is 3. The van der Waals surface area contributed by atoms with Crippen molar-refractivity contribution in [3.05, 3.63) is 71.3 Å². The molecule has 0 radical (unpaired) electrons. The number of hydrogen-bond acceptors (Lipinski definition) is 6. The number of morpholine rings is 1. The highest BCUT2D eigenvalue weighted by molar-refractivity contribution is 5.92. The Bertz CT molecular complexity index is 961. The molecular weight excluding hydrogens is 438 g/mol. The first kappa shape index (κ1) is 26.5. The van der Waals surface area contributed by atoms with Crippen molar-refractivity contribution in [2.45, 2.75) is 32.4 Å². The summed E-state index contributed by atoms with van der Waals surface area (Å²) in [6.45, 7) is 2.80. The molecule has 2 aromatic carbocycles. The Morgan fingerprint density at radius 2 is 1.79 bits per heavy atom.